The van der Waals surface area contributed by atoms with Gasteiger partial charge in [0.15, 0.2) is 0 Å². The number of benzene rings is 1. The van der Waals surface area contributed by atoms with Crippen molar-refractivity contribution in [3.05, 3.63) is 35.9 Å². The van der Waals surface area contributed by atoms with Gasteiger partial charge in [-0.25, -0.2) is 0 Å². The molecule has 2 nitrogen and oxygen atoms in total. The summed E-state index contributed by atoms with van der Waals surface area (Å²) in [5.74, 6) is 1.37. The fraction of sp³-hybridized carbons (Fsp3) is 0.714. The quantitative estimate of drug-likeness (QED) is 0.889. The summed E-state index contributed by atoms with van der Waals surface area (Å²) in [6.45, 7) is 9.37. The van der Waals surface area contributed by atoms with E-state index in [9.17, 15) is 5.11 Å². The van der Waals surface area contributed by atoms with E-state index < -0.39 is 5.60 Å². The van der Waals surface area contributed by atoms with Crippen LogP contribution in [0.1, 0.15) is 58.9 Å². The number of aliphatic hydroxyl groups is 1. The summed E-state index contributed by atoms with van der Waals surface area (Å²) in [6, 6.07) is 10.1. The van der Waals surface area contributed by atoms with Gasteiger partial charge in [0.1, 0.15) is 5.60 Å². The van der Waals surface area contributed by atoms with Gasteiger partial charge in [-0.15, -0.1) is 0 Å². The molecule has 3 aliphatic rings. The van der Waals surface area contributed by atoms with Gasteiger partial charge in [0.05, 0.1) is 12.2 Å². The Balaban J connectivity index is 1.65. The molecule has 0 spiro atoms. The Morgan fingerprint density at radius 1 is 1.22 bits per heavy atom. The molecular weight excluding hydrogens is 284 g/mol. The largest absolute Gasteiger partial charge is 0.382 e. The lowest BCUT2D eigenvalue weighted by Crippen LogP contribution is -2.43. The topological polar surface area (TPSA) is 29.5 Å². The molecule has 2 aliphatic carbocycles. The van der Waals surface area contributed by atoms with Crippen LogP contribution in [-0.4, -0.2) is 17.3 Å². The maximum absolute atomic E-state index is 11.4. The minimum atomic E-state index is -0.856. The van der Waals surface area contributed by atoms with Crippen LogP contribution in [0.3, 0.4) is 0 Å². The maximum Gasteiger partial charge on any atom is 0.115 e. The SMILES string of the molecule is CC[C@@](O)(c1ccccc1)[C@H]1C[C@@H]2[C@H]3CC[C@@](C)([C@@H]2O1)C3(C)C. The number of fused-ring (bicyclic) bond motifs is 5. The standard InChI is InChI=1S/C21H30O2/c1-5-21(22,14-9-7-6-8-10-14)17-13-15-16-11-12-20(4,18(15)23-17)19(16,2)3/h6-10,15-18,22H,5,11-13H2,1-4H3/t15-,16-,17-,18-,20+,21-/m1/s1. The number of ether oxygens (including phenoxy) is 1. The zero-order chi connectivity index (χ0) is 16.5. The minimum absolute atomic E-state index is 0.0686. The average Bonchev–Trinajstić information content (AvgIpc) is 3.14. The third-order valence-corrected chi connectivity index (χ3v) is 8.05. The second-order valence-corrected chi connectivity index (χ2v) is 8.87. The Kier molecular flexibility index (Phi) is 3.29. The van der Waals surface area contributed by atoms with Gasteiger partial charge >= 0.3 is 0 Å². The van der Waals surface area contributed by atoms with Gasteiger partial charge < -0.3 is 9.84 Å². The summed E-state index contributed by atoms with van der Waals surface area (Å²) in [5, 5.41) is 11.4. The summed E-state index contributed by atoms with van der Waals surface area (Å²) in [7, 11) is 0. The van der Waals surface area contributed by atoms with Crippen molar-refractivity contribution in [2.75, 3.05) is 0 Å². The summed E-state index contributed by atoms with van der Waals surface area (Å²) < 4.78 is 6.62. The summed E-state index contributed by atoms with van der Waals surface area (Å²) in [6.07, 6.45) is 4.56. The average molecular weight is 314 g/mol. The first-order valence-electron chi connectivity index (χ1n) is 9.28. The molecule has 3 fully saturated rings. The fourth-order valence-electron chi connectivity index (χ4n) is 6.17. The zero-order valence-electron chi connectivity index (χ0n) is 14.9. The monoisotopic (exact) mass is 314 g/mol. The summed E-state index contributed by atoms with van der Waals surface area (Å²) in [4.78, 5) is 0. The third-order valence-electron chi connectivity index (χ3n) is 8.05. The van der Waals surface area contributed by atoms with Crippen LogP contribution in [0.15, 0.2) is 30.3 Å². The molecule has 0 unspecified atom stereocenters. The lowest BCUT2D eigenvalue weighted by Gasteiger charge is -2.41. The van der Waals surface area contributed by atoms with Gasteiger partial charge in [-0.3, -0.25) is 0 Å². The van der Waals surface area contributed by atoms with E-state index >= 15 is 0 Å². The molecule has 2 bridgehead atoms. The molecule has 1 saturated heterocycles. The highest BCUT2D eigenvalue weighted by molar-refractivity contribution is 5.26. The van der Waals surface area contributed by atoms with Gasteiger partial charge in [0.25, 0.3) is 0 Å². The molecular formula is C21H30O2. The number of hydrogen-bond donors (Lipinski definition) is 1. The van der Waals surface area contributed by atoms with E-state index in [-0.39, 0.29) is 11.5 Å². The van der Waals surface area contributed by atoms with Crippen molar-refractivity contribution in [3.63, 3.8) is 0 Å². The summed E-state index contributed by atoms with van der Waals surface area (Å²) >= 11 is 0. The van der Waals surface area contributed by atoms with Crippen LogP contribution in [0.2, 0.25) is 0 Å². The second kappa shape index (κ2) is 4.83. The van der Waals surface area contributed by atoms with E-state index in [2.05, 4.69) is 27.7 Å². The van der Waals surface area contributed by atoms with Crippen molar-refractivity contribution in [1.82, 2.24) is 0 Å². The van der Waals surface area contributed by atoms with Crippen LogP contribution in [0.25, 0.3) is 0 Å². The van der Waals surface area contributed by atoms with Gasteiger partial charge in [-0.1, -0.05) is 58.0 Å². The molecule has 1 aromatic rings. The smallest absolute Gasteiger partial charge is 0.115 e. The number of hydrogen-bond acceptors (Lipinski definition) is 2. The Labute approximate surface area is 140 Å². The van der Waals surface area contributed by atoms with Gasteiger partial charge in [-0.2, -0.15) is 0 Å². The molecule has 1 aliphatic heterocycles. The maximum atomic E-state index is 11.4. The van der Waals surface area contributed by atoms with Crippen molar-refractivity contribution >= 4 is 0 Å². The third kappa shape index (κ3) is 1.83. The van der Waals surface area contributed by atoms with Gasteiger partial charge in [0.2, 0.25) is 0 Å². The Hall–Kier alpha value is -0.860. The molecule has 0 aromatic heterocycles. The van der Waals surface area contributed by atoms with Crippen LogP contribution in [0.5, 0.6) is 0 Å². The van der Waals surface area contributed by atoms with Crippen molar-refractivity contribution in [1.29, 1.82) is 0 Å². The molecule has 0 radical (unpaired) electrons. The second-order valence-electron chi connectivity index (χ2n) is 8.87. The van der Waals surface area contributed by atoms with Crippen molar-refractivity contribution in [2.45, 2.75) is 71.2 Å². The summed E-state index contributed by atoms with van der Waals surface area (Å²) in [5.41, 5.74) is 0.780. The van der Waals surface area contributed by atoms with E-state index in [1.807, 2.05) is 30.3 Å². The molecule has 1 N–H and O–H groups in total. The molecule has 126 valence electrons. The van der Waals surface area contributed by atoms with Crippen LogP contribution in [0, 0.1) is 22.7 Å². The number of rotatable bonds is 3. The Morgan fingerprint density at radius 2 is 1.91 bits per heavy atom. The fourth-order valence-corrected chi connectivity index (χ4v) is 6.17. The molecule has 6 atom stereocenters. The molecule has 0 amide bonds. The molecule has 1 aromatic carbocycles. The predicted octanol–water partition coefficient (Wildman–Crippen LogP) is 4.51. The van der Waals surface area contributed by atoms with Crippen LogP contribution in [-0.2, 0) is 10.3 Å². The molecule has 1 heterocycles. The lowest BCUT2D eigenvalue weighted by atomic mass is 9.70. The first kappa shape index (κ1) is 15.7. The highest BCUT2D eigenvalue weighted by Gasteiger charge is 2.70. The van der Waals surface area contributed by atoms with E-state index in [4.69, 9.17) is 4.74 Å². The molecule has 2 heteroatoms. The van der Waals surface area contributed by atoms with E-state index in [0.717, 1.165) is 17.9 Å². The minimum Gasteiger partial charge on any atom is -0.382 e. The van der Waals surface area contributed by atoms with E-state index in [0.29, 0.717) is 23.9 Å². The van der Waals surface area contributed by atoms with Crippen molar-refractivity contribution in [2.24, 2.45) is 22.7 Å². The van der Waals surface area contributed by atoms with Crippen LogP contribution >= 0.6 is 0 Å². The normalized spacial score (nSPS) is 43.3. The van der Waals surface area contributed by atoms with E-state index in [1.54, 1.807) is 0 Å². The molecule has 2 saturated carbocycles. The molecule has 23 heavy (non-hydrogen) atoms. The zero-order valence-corrected chi connectivity index (χ0v) is 14.9. The van der Waals surface area contributed by atoms with Gasteiger partial charge in [-0.05, 0) is 53.9 Å². The Morgan fingerprint density at radius 3 is 2.52 bits per heavy atom. The highest BCUT2D eigenvalue weighted by Crippen LogP contribution is 2.71. The lowest BCUT2D eigenvalue weighted by molar-refractivity contribution is -0.140. The predicted molar refractivity (Wildman–Crippen MR) is 92.0 cm³/mol. The van der Waals surface area contributed by atoms with E-state index in [1.165, 1.54) is 12.8 Å². The Bertz CT molecular complexity index is 595. The van der Waals surface area contributed by atoms with Crippen LogP contribution in [0.4, 0.5) is 0 Å². The van der Waals surface area contributed by atoms with Crippen molar-refractivity contribution < 1.29 is 9.84 Å². The van der Waals surface area contributed by atoms with Crippen LogP contribution < -0.4 is 0 Å². The first-order chi connectivity index (χ1) is 10.8. The molecule has 4 rings (SSSR count). The first-order valence-corrected chi connectivity index (χ1v) is 9.28. The highest BCUT2D eigenvalue weighted by atomic mass is 16.5. The van der Waals surface area contributed by atoms with Crippen molar-refractivity contribution in [3.8, 4) is 0 Å². The van der Waals surface area contributed by atoms with Gasteiger partial charge in [0, 0.05) is 0 Å².